The van der Waals surface area contributed by atoms with Gasteiger partial charge in [-0.05, 0) is 35.9 Å². The Labute approximate surface area is 125 Å². The lowest BCUT2D eigenvalue weighted by molar-refractivity contribution is -0.400. The maximum atomic E-state index is 10.3. The summed E-state index contributed by atoms with van der Waals surface area (Å²) in [6, 6.07) is 11.7. The third-order valence-corrected chi connectivity index (χ3v) is 2.76. The molecular formula is C14H9Cl2NO3. The number of nitro groups is 1. The van der Waals surface area contributed by atoms with Crippen LogP contribution < -0.4 is 4.74 Å². The Balaban J connectivity index is 2.21. The summed E-state index contributed by atoms with van der Waals surface area (Å²) in [6.45, 7) is 0. The van der Waals surface area contributed by atoms with Crippen LogP contribution in [0.5, 0.6) is 11.5 Å². The largest absolute Gasteiger partial charge is 0.457 e. The van der Waals surface area contributed by atoms with Crippen molar-refractivity contribution in [1.29, 1.82) is 0 Å². The maximum absolute atomic E-state index is 10.3. The highest BCUT2D eigenvalue weighted by molar-refractivity contribution is 6.34. The van der Waals surface area contributed by atoms with Crippen molar-refractivity contribution in [2.45, 2.75) is 0 Å². The molecule has 6 heteroatoms. The average molecular weight is 310 g/mol. The second-order valence-electron chi connectivity index (χ2n) is 3.88. The number of nitrogens with zero attached hydrogens (tertiary/aromatic N) is 1. The zero-order valence-corrected chi connectivity index (χ0v) is 11.6. The first-order valence-electron chi connectivity index (χ1n) is 5.58. The molecule has 0 unspecified atom stereocenters. The minimum Gasteiger partial charge on any atom is -0.457 e. The molecule has 0 amide bonds. The van der Waals surface area contributed by atoms with Crippen LogP contribution in [0, 0.1) is 10.1 Å². The fourth-order valence-electron chi connectivity index (χ4n) is 1.55. The van der Waals surface area contributed by atoms with Crippen molar-refractivity contribution in [2.75, 3.05) is 0 Å². The SMILES string of the molecule is O=[N+]([O-])/C=C/c1cccc(Oc2cc(Cl)cc(Cl)c2)c1. The molecule has 2 rings (SSSR count). The van der Waals surface area contributed by atoms with E-state index in [0.717, 1.165) is 6.20 Å². The molecule has 0 bridgehead atoms. The van der Waals surface area contributed by atoms with Crippen molar-refractivity contribution in [1.82, 2.24) is 0 Å². The predicted molar refractivity (Wildman–Crippen MR) is 79.0 cm³/mol. The first kappa shape index (κ1) is 14.4. The number of halogens is 2. The van der Waals surface area contributed by atoms with Gasteiger partial charge in [-0.3, -0.25) is 10.1 Å². The van der Waals surface area contributed by atoms with E-state index in [2.05, 4.69) is 0 Å². The number of rotatable bonds is 4. The van der Waals surface area contributed by atoms with Gasteiger partial charge in [0.05, 0.1) is 4.92 Å². The van der Waals surface area contributed by atoms with E-state index in [-0.39, 0.29) is 0 Å². The summed E-state index contributed by atoms with van der Waals surface area (Å²) < 4.78 is 5.61. The molecule has 2 aromatic rings. The Hall–Kier alpha value is -2.04. The Kier molecular flexibility index (Phi) is 4.61. The van der Waals surface area contributed by atoms with Crippen LogP contribution in [0.15, 0.2) is 48.7 Å². The number of ether oxygens (including phenoxy) is 1. The third-order valence-electron chi connectivity index (χ3n) is 2.32. The van der Waals surface area contributed by atoms with Crippen LogP contribution in [-0.2, 0) is 0 Å². The Morgan fingerprint density at radius 1 is 1.05 bits per heavy atom. The topological polar surface area (TPSA) is 52.4 Å². The highest BCUT2D eigenvalue weighted by atomic mass is 35.5. The number of hydrogen-bond acceptors (Lipinski definition) is 3. The van der Waals surface area contributed by atoms with Gasteiger partial charge < -0.3 is 4.74 Å². The van der Waals surface area contributed by atoms with Crippen LogP contribution in [-0.4, -0.2) is 4.92 Å². The van der Waals surface area contributed by atoms with E-state index in [9.17, 15) is 10.1 Å². The van der Waals surface area contributed by atoms with E-state index < -0.39 is 4.92 Å². The minimum atomic E-state index is -0.524. The van der Waals surface area contributed by atoms with Gasteiger partial charge >= 0.3 is 0 Å². The zero-order valence-electron chi connectivity index (χ0n) is 10.1. The molecule has 0 aliphatic heterocycles. The fourth-order valence-corrected chi connectivity index (χ4v) is 2.06. The molecule has 102 valence electrons. The lowest BCUT2D eigenvalue weighted by Gasteiger charge is -2.07. The monoisotopic (exact) mass is 309 g/mol. The molecule has 0 saturated heterocycles. The summed E-state index contributed by atoms with van der Waals surface area (Å²) in [6.07, 6.45) is 2.26. The highest BCUT2D eigenvalue weighted by Crippen LogP contribution is 2.28. The normalized spacial score (nSPS) is 10.7. The van der Waals surface area contributed by atoms with Gasteiger partial charge in [-0.25, -0.2) is 0 Å². The third kappa shape index (κ3) is 4.26. The predicted octanol–water partition coefficient (Wildman–Crippen LogP) is 5.03. The van der Waals surface area contributed by atoms with Crippen LogP contribution in [0.4, 0.5) is 0 Å². The summed E-state index contributed by atoms with van der Waals surface area (Å²) in [4.78, 5) is 9.76. The molecule has 0 atom stereocenters. The van der Waals surface area contributed by atoms with E-state index in [1.807, 2.05) is 0 Å². The summed E-state index contributed by atoms with van der Waals surface area (Å²) in [5, 5.41) is 11.2. The van der Waals surface area contributed by atoms with Crippen LogP contribution >= 0.6 is 23.2 Å². The smallest absolute Gasteiger partial charge is 0.235 e. The zero-order chi connectivity index (χ0) is 14.5. The van der Waals surface area contributed by atoms with E-state index in [1.54, 1.807) is 42.5 Å². The molecule has 0 radical (unpaired) electrons. The lowest BCUT2D eigenvalue weighted by atomic mass is 10.2. The van der Waals surface area contributed by atoms with Gasteiger partial charge in [-0.15, -0.1) is 0 Å². The molecule has 0 saturated carbocycles. The second kappa shape index (κ2) is 6.41. The van der Waals surface area contributed by atoms with E-state index in [0.29, 0.717) is 27.1 Å². The minimum absolute atomic E-state index is 0.469. The molecule has 2 aromatic carbocycles. The van der Waals surface area contributed by atoms with Gasteiger partial charge in [0.1, 0.15) is 11.5 Å². The standard InChI is InChI=1S/C14H9Cl2NO3/c15-11-7-12(16)9-14(8-11)20-13-3-1-2-10(6-13)4-5-17(18)19/h1-9H/b5-4+. The van der Waals surface area contributed by atoms with E-state index >= 15 is 0 Å². The van der Waals surface area contributed by atoms with Crippen LogP contribution in [0.2, 0.25) is 10.0 Å². The first-order chi connectivity index (χ1) is 9.52. The number of hydrogen-bond donors (Lipinski definition) is 0. The van der Waals surface area contributed by atoms with Gasteiger partial charge in [-0.1, -0.05) is 35.3 Å². The fraction of sp³-hybridized carbons (Fsp3) is 0. The Bertz CT molecular complexity index is 651. The molecule has 20 heavy (non-hydrogen) atoms. The molecule has 0 heterocycles. The van der Waals surface area contributed by atoms with Crippen molar-refractivity contribution in [2.24, 2.45) is 0 Å². The van der Waals surface area contributed by atoms with E-state index in [4.69, 9.17) is 27.9 Å². The molecule has 0 N–H and O–H groups in total. The Morgan fingerprint density at radius 3 is 2.40 bits per heavy atom. The summed E-state index contributed by atoms with van der Waals surface area (Å²) in [7, 11) is 0. The summed E-state index contributed by atoms with van der Waals surface area (Å²) >= 11 is 11.8. The van der Waals surface area contributed by atoms with Crippen molar-refractivity contribution < 1.29 is 9.66 Å². The summed E-state index contributed by atoms with van der Waals surface area (Å²) in [5.74, 6) is 1.03. The lowest BCUT2D eigenvalue weighted by Crippen LogP contribution is -1.86. The quantitative estimate of drug-likeness (QED) is 0.587. The van der Waals surface area contributed by atoms with Gasteiger partial charge in [0.2, 0.25) is 6.20 Å². The van der Waals surface area contributed by atoms with Crippen molar-refractivity contribution in [3.05, 3.63) is 74.4 Å². The maximum Gasteiger partial charge on any atom is 0.235 e. The molecule has 0 fully saturated rings. The van der Waals surface area contributed by atoms with Gasteiger partial charge in [0, 0.05) is 16.1 Å². The number of benzene rings is 2. The first-order valence-corrected chi connectivity index (χ1v) is 6.34. The molecular weight excluding hydrogens is 301 g/mol. The van der Waals surface area contributed by atoms with Crippen LogP contribution in [0.1, 0.15) is 5.56 Å². The van der Waals surface area contributed by atoms with Gasteiger partial charge in [-0.2, -0.15) is 0 Å². The van der Waals surface area contributed by atoms with Crippen molar-refractivity contribution in [3.8, 4) is 11.5 Å². The van der Waals surface area contributed by atoms with Crippen molar-refractivity contribution in [3.63, 3.8) is 0 Å². The second-order valence-corrected chi connectivity index (χ2v) is 4.75. The molecule has 0 aromatic heterocycles. The van der Waals surface area contributed by atoms with Crippen LogP contribution in [0.25, 0.3) is 6.08 Å². The van der Waals surface area contributed by atoms with E-state index in [1.165, 1.54) is 6.08 Å². The van der Waals surface area contributed by atoms with Crippen LogP contribution in [0.3, 0.4) is 0 Å². The highest BCUT2D eigenvalue weighted by Gasteiger charge is 2.02. The average Bonchev–Trinajstić information content (AvgIpc) is 2.35. The molecule has 4 nitrogen and oxygen atoms in total. The Morgan fingerprint density at radius 2 is 1.75 bits per heavy atom. The summed E-state index contributed by atoms with van der Waals surface area (Å²) in [5.41, 5.74) is 0.660. The molecule has 0 aliphatic rings. The van der Waals surface area contributed by atoms with Gasteiger partial charge in [0.15, 0.2) is 0 Å². The van der Waals surface area contributed by atoms with Gasteiger partial charge in [0.25, 0.3) is 0 Å². The molecule has 0 aliphatic carbocycles. The van der Waals surface area contributed by atoms with Crippen molar-refractivity contribution >= 4 is 29.3 Å². The molecule has 0 spiro atoms.